The number of anilines is 3. The molecule has 0 radical (unpaired) electrons. The van der Waals surface area contributed by atoms with E-state index in [-0.39, 0.29) is 23.3 Å². The van der Waals surface area contributed by atoms with Gasteiger partial charge in [-0.25, -0.2) is 23.1 Å². The van der Waals surface area contributed by atoms with E-state index >= 15 is 0 Å². The molecule has 1 saturated carbocycles. The number of hydrogen-bond acceptors (Lipinski definition) is 6. The summed E-state index contributed by atoms with van der Waals surface area (Å²) in [7, 11) is -3.55. The van der Waals surface area contributed by atoms with Crippen LogP contribution >= 0.6 is 11.6 Å². The van der Waals surface area contributed by atoms with E-state index < -0.39 is 10.0 Å². The number of halogens is 1. The maximum Gasteiger partial charge on any atom is 0.240 e. The van der Waals surface area contributed by atoms with E-state index in [1.807, 2.05) is 6.07 Å². The van der Waals surface area contributed by atoms with E-state index in [9.17, 15) is 13.2 Å². The van der Waals surface area contributed by atoms with Crippen LogP contribution in [0.1, 0.15) is 31.2 Å². The Morgan fingerprint density at radius 3 is 2.58 bits per heavy atom. The molecule has 2 heterocycles. The summed E-state index contributed by atoms with van der Waals surface area (Å²) in [6.45, 7) is 0. The minimum absolute atomic E-state index is 0.0138. The van der Waals surface area contributed by atoms with Gasteiger partial charge < -0.3 is 10.6 Å². The molecule has 1 aromatic heterocycles. The second-order valence-electron chi connectivity index (χ2n) is 8.23. The van der Waals surface area contributed by atoms with E-state index in [1.165, 1.54) is 0 Å². The molecular weight excluding hydrogens is 462 g/mol. The highest BCUT2D eigenvalue weighted by atomic mass is 35.5. The lowest BCUT2D eigenvalue weighted by Gasteiger charge is -2.13. The molecule has 1 amide bonds. The summed E-state index contributed by atoms with van der Waals surface area (Å²) in [5, 5.41) is 6.48. The molecule has 0 bridgehead atoms. The Balaban J connectivity index is 1.39. The Bertz CT molecular complexity index is 1320. The first-order chi connectivity index (χ1) is 15.9. The predicted molar refractivity (Wildman–Crippen MR) is 127 cm³/mol. The zero-order valence-electron chi connectivity index (χ0n) is 17.6. The van der Waals surface area contributed by atoms with E-state index in [1.54, 1.807) is 42.6 Å². The normalized spacial score (nSPS) is 16.0. The zero-order chi connectivity index (χ0) is 23.0. The van der Waals surface area contributed by atoms with Crippen LogP contribution in [0.2, 0.25) is 5.02 Å². The lowest BCUT2D eigenvalue weighted by molar-refractivity contribution is -0.115. The van der Waals surface area contributed by atoms with Crippen LogP contribution in [-0.2, 0) is 21.2 Å². The summed E-state index contributed by atoms with van der Waals surface area (Å²) in [5.74, 6) is 0.174. The standard InChI is InChI=1S/C23H22ClN5O3S/c24-15-5-10-19-20(12-15)27-21(30)11-14-13-25-23(28-22(14)19)26-16-6-8-18(9-7-16)33(31,32)29-17-3-1-2-4-17/h5-10,12-13,17,29H,1-4,11H2,(H,27,30)(H,25,26,28). The minimum atomic E-state index is -3.55. The molecule has 3 aromatic rings. The number of nitrogens with zero attached hydrogens (tertiary/aromatic N) is 2. The third-order valence-corrected chi connectivity index (χ3v) is 7.60. The van der Waals surface area contributed by atoms with Gasteiger partial charge in [-0.2, -0.15) is 0 Å². The number of sulfonamides is 1. The van der Waals surface area contributed by atoms with Crippen LogP contribution in [0.3, 0.4) is 0 Å². The Morgan fingerprint density at radius 2 is 1.82 bits per heavy atom. The number of nitrogens with one attached hydrogen (secondary N) is 3. The van der Waals surface area contributed by atoms with Gasteiger partial charge in [-0.05, 0) is 55.3 Å². The Morgan fingerprint density at radius 1 is 1.06 bits per heavy atom. The highest BCUT2D eigenvalue weighted by Crippen LogP contribution is 2.35. The molecule has 5 rings (SSSR count). The van der Waals surface area contributed by atoms with Crippen LogP contribution in [0.5, 0.6) is 0 Å². The van der Waals surface area contributed by atoms with Crippen molar-refractivity contribution in [3.63, 3.8) is 0 Å². The van der Waals surface area contributed by atoms with E-state index in [0.29, 0.717) is 33.6 Å². The highest BCUT2D eigenvalue weighted by Gasteiger charge is 2.23. The molecule has 0 saturated heterocycles. The second-order valence-corrected chi connectivity index (χ2v) is 10.4. The monoisotopic (exact) mass is 483 g/mol. The number of fused-ring (bicyclic) bond motifs is 3. The Labute approximate surface area is 196 Å². The summed E-state index contributed by atoms with van der Waals surface area (Å²) in [4.78, 5) is 21.4. The molecule has 10 heteroatoms. The number of benzene rings is 2. The molecular formula is C23H22ClN5O3S. The number of hydrogen-bond donors (Lipinski definition) is 3. The van der Waals surface area contributed by atoms with Crippen LogP contribution in [-0.4, -0.2) is 30.3 Å². The lowest BCUT2D eigenvalue weighted by atomic mass is 10.1. The zero-order valence-corrected chi connectivity index (χ0v) is 19.2. The molecule has 8 nitrogen and oxygen atoms in total. The van der Waals surface area contributed by atoms with Gasteiger partial charge in [0.15, 0.2) is 0 Å². The molecule has 170 valence electrons. The average Bonchev–Trinajstić information content (AvgIpc) is 3.23. The van der Waals surface area contributed by atoms with Crippen molar-refractivity contribution >= 4 is 44.9 Å². The summed E-state index contributed by atoms with van der Waals surface area (Å²) in [6.07, 6.45) is 5.65. The van der Waals surface area contributed by atoms with Crippen molar-refractivity contribution < 1.29 is 13.2 Å². The van der Waals surface area contributed by atoms with Crippen molar-refractivity contribution in [2.24, 2.45) is 0 Å². The maximum absolute atomic E-state index is 12.6. The quantitative estimate of drug-likeness (QED) is 0.500. The SMILES string of the molecule is O=C1Cc2cnc(Nc3ccc(S(=O)(=O)NC4CCCC4)cc3)nc2-c2ccc(Cl)cc2N1. The lowest BCUT2D eigenvalue weighted by Crippen LogP contribution is -2.32. The van der Waals surface area contributed by atoms with Gasteiger partial charge in [0.1, 0.15) is 0 Å². The number of aromatic nitrogens is 2. The molecule has 33 heavy (non-hydrogen) atoms. The number of rotatable bonds is 5. The smallest absolute Gasteiger partial charge is 0.240 e. The summed E-state index contributed by atoms with van der Waals surface area (Å²) in [5.41, 5.74) is 3.34. The molecule has 3 N–H and O–H groups in total. The molecule has 1 aliphatic carbocycles. The van der Waals surface area contributed by atoms with Crippen LogP contribution < -0.4 is 15.4 Å². The molecule has 2 aliphatic rings. The van der Waals surface area contributed by atoms with Crippen LogP contribution in [0.25, 0.3) is 11.3 Å². The number of amides is 1. The van der Waals surface area contributed by atoms with E-state index in [2.05, 4.69) is 25.3 Å². The van der Waals surface area contributed by atoms with Gasteiger partial charge in [0.05, 0.1) is 22.7 Å². The minimum Gasteiger partial charge on any atom is -0.325 e. The van der Waals surface area contributed by atoms with Crippen molar-refractivity contribution in [2.75, 3.05) is 10.6 Å². The van der Waals surface area contributed by atoms with Crippen LogP contribution in [0.4, 0.5) is 17.3 Å². The molecule has 2 aromatic carbocycles. The van der Waals surface area contributed by atoms with Crippen molar-refractivity contribution in [1.82, 2.24) is 14.7 Å². The predicted octanol–water partition coefficient (Wildman–Crippen LogP) is 4.26. The van der Waals surface area contributed by atoms with Gasteiger partial charge in [-0.1, -0.05) is 24.4 Å². The van der Waals surface area contributed by atoms with E-state index in [4.69, 9.17) is 11.6 Å². The fourth-order valence-corrected chi connectivity index (χ4v) is 5.68. The van der Waals surface area contributed by atoms with Crippen molar-refractivity contribution in [2.45, 2.75) is 43.0 Å². The van der Waals surface area contributed by atoms with Crippen LogP contribution in [0, 0.1) is 0 Å². The topological polar surface area (TPSA) is 113 Å². The molecule has 0 unspecified atom stereocenters. The van der Waals surface area contributed by atoms with Gasteiger partial charge in [-0.3, -0.25) is 4.79 Å². The fraction of sp³-hybridized carbons (Fsp3) is 0.261. The summed E-state index contributed by atoms with van der Waals surface area (Å²) < 4.78 is 28.0. The average molecular weight is 484 g/mol. The number of carbonyl (C=O) groups excluding carboxylic acids is 1. The molecule has 0 spiro atoms. The first-order valence-corrected chi connectivity index (χ1v) is 12.6. The molecule has 0 atom stereocenters. The summed E-state index contributed by atoms with van der Waals surface area (Å²) in [6, 6.07) is 11.7. The third kappa shape index (κ3) is 4.71. The fourth-order valence-electron chi connectivity index (χ4n) is 4.20. The van der Waals surface area contributed by atoms with Crippen molar-refractivity contribution in [3.8, 4) is 11.3 Å². The van der Waals surface area contributed by atoms with Gasteiger partial charge in [0, 0.05) is 34.1 Å². The maximum atomic E-state index is 12.6. The Kier molecular flexibility index (Phi) is 5.77. The van der Waals surface area contributed by atoms with Crippen molar-refractivity contribution in [1.29, 1.82) is 0 Å². The molecule has 1 aliphatic heterocycles. The van der Waals surface area contributed by atoms with Gasteiger partial charge >= 0.3 is 0 Å². The van der Waals surface area contributed by atoms with E-state index in [0.717, 1.165) is 31.2 Å². The van der Waals surface area contributed by atoms with Crippen LogP contribution in [0.15, 0.2) is 53.6 Å². The first kappa shape index (κ1) is 21.8. The largest absolute Gasteiger partial charge is 0.325 e. The van der Waals surface area contributed by atoms with Gasteiger partial charge in [-0.15, -0.1) is 0 Å². The Hall–Kier alpha value is -3.01. The van der Waals surface area contributed by atoms with Crippen molar-refractivity contribution in [3.05, 3.63) is 59.2 Å². The highest BCUT2D eigenvalue weighted by molar-refractivity contribution is 7.89. The molecule has 1 fully saturated rings. The first-order valence-electron chi connectivity index (χ1n) is 10.7. The third-order valence-electron chi connectivity index (χ3n) is 5.82. The van der Waals surface area contributed by atoms with Gasteiger partial charge in [0.25, 0.3) is 0 Å². The second kappa shape index (κ2) is 8.74. The summed E-state index contributed by atoms with van der Waals surface area (Å²) >= 11 is 6.09. The van der Waals surface area contributed by atoms with Gasteiger partial charge in [0.2, 0.25) is 21.9 Å². The number of carbonyl (C=O) groups is 1.